The van der Waals surface area contributed by atoms with Crippen LogP contribution in [0.2, 0.25) is 0 Å². The molecule has 3 aromatic carbocycles. The molecule has 0 radical (unpaired) electrons. The highest BCUT2D eigenvalue weighted by molar-refractivity contribution is 9.10. The molecule has 1 aliphatic carbocycles. The van der Waals surface area contributed by atoms with E-state index in [-0.39, 0.29) is 18.8 Å². The number of benzene rings is 3. The molecule has 9 heteroatoms. The number of ether oxygens (including phenoxy) is 2. The van der Waals surface area contributed by atoms with Crippen molar-refractivity contribution < 1.29 is 29.3 Å². The van der Waals surface area contributed by atoms with Crippen LogP contribution in [-0.4, -0.2) is 57.0 Å². The van der Waals surface area contributed by atoms with Crippen molar-refractivity contribution in [1.29, 1.82) is 0 Å². The van der Waals surface area contributed by atoms with Crippen molar-refractivity contribution in [2.75, 3.05) is 13.6 Å². The molecule has 0 spiro atoms. The number of halogens is 1. The number of fused-ring (bicyclic) bond motifs is 1. The second kappa shape index (κ2) is 13.7. The summed E-state index contributed by atoms with van der Waals surface area (Å²) in [7, 11) is 1.67. The Kier molecular flexibility index (Phi) is 10.0. The van der Waals surface area contributed by atoms with Crippen LogP contribution in [0.1, 0.15) is 48.4 Å². The minimum atomic E-state index is -2.24. The fraction of sp³-hybridized carbons (Fsp3) is 0.371. The summed E-state index contributed by atoms with van der Waals surface area (Å²) < 4.78 is 13.1. The number of carbonyl (C=O) groups is 2. The summed E-state index contributed by atoms with van der Waals surface area (Å²) in [5, 5.41) is 24.3. The Bertz CT molecular complexity index is 1500. The number of hydrogen-bond acceptors (Lipinski definition) is 6. The molecule has 5 rings (SSSR count). The molecule has 3 atom stereocenters. The zero-order valence-corrected chi connectivity index (χ0v) is 26.7. The Labute approximate surface area is 267 Å². The van der Waals surface area contributed by atoms with Gasteiger partial charge in [0.25, 0.3) is 5.91 Å². The van der Waals surface area contributed by atoms with Gasteiger partial charge in [-0.25, -0.2) is 0 Å². The smallest absolute Gasteiger partial charge is 0.255 e. The van der Waals surface area contributed by atoms with Gasteiger partial charge in [0, 0.05) is 31.2 Å². The monoisotopic (exact) mass is 662 g/mol. The number of carbonyl (C=O) groups excluding carboxylic acids is 2. The Morgan fingerprint density at radius 1 is 0.932 bits per heavy atom. The van der Waals surface area contributed by atoms with Gasteiger partial charge in [-0.3, -0.25) is 9.59 Å². The average Bonchev–Trinajstić information content (AvgIpc) is 3.45. The average molecular weight is 664 g/mol. The maximum Gasteiger partial charge on any atom is 0.255 e. The van der Waals surface area contributed by atoms with E-state index in [0.29, 0.717) is 19.6 Å². The summed E-state index contributed by atoms with van der Waals surface area (Å²) in [6.07, 6.45) is 2.49. The molecule has 8 nitrogen and oxygen atoms in total. The normalized spacial score (nSPS) is 22.8. The molecule has 1 heterocycles. The molecule has 0 saturated heterocycles. The van der Waals surface area contributed by atoms with Crippen LogP contribution in [0.3, 0.4) is 0 Å². The summed E-state index contributed by atoms with van der Waals surface area (Å²) in [4.78, 5) is 31.3. The molecule has 0 aromatic heterocycles. The number of unbranched alkanes of at least 4 members (excludes halogenated alkanes) is 1. The molecule has 0 fully saturated rings. The first-order chi connectivity index (χ1) is 21.1. The standard InChI is InChI=1S/C35H39BrN2O6/c1-3-4-17-37(2)32(39)30-19-31(33(40)38-20-27-15-16-29(36)18-28(27)21-38)35(42,44-23-26-13-9-6-10-14-26)24-34(30,41)43-22-25-11-7-5-8-12-25/h5-16,18-19,30,41-42H,3-4,17,20-24H2,1-2H3. The van der Waals surface area contributed by atoms with E-state index in [4.69, 9.17) is 9.47 Å². The molecular weight excluding hydrogens is 624 g/mol. The van der Waals surface area contributed by atoms with Gasteiger partial charge in [-0.15, -0.1) is 0 Å². The van der Waals surface area contributed by atoms with Gasteiger partial charge in [-0.2, -0.15) is 0 Å². The van der Waals surface area contributed by atoms with Crippen LogP contribution in [-0.2, 0) is 45.4 Å². The predicted molar refractivity (Wildman–Crippen MR) is 169 cm³/mol. The van der Waals surface area contributed by atoms with Gasteiger partial charge in [0.05, 0.1) is 25.2 Å². The third-order valence-electron chi connectivity index (χ3n) is 8.28. The van der Waals surface area contributed by atoms with Crippen molar-refractivity contribution >= 4 is 27.7 Å². The maximum atomic E-state index is 14.2. The Morgan fingerprint density at radius 2 is 1.55 bits per heavy atom. The van der Waals surface area contributed by atoms with Gasteiger partial charge in [0.2, 0.25) is 11.7 Å². The molecule has 1 aliphatic heterocycles. The lowest BCUT2D eigenvalue weighted by Gasteiger charge is -2.45. The number of amides is 2. The quantitative estimate of drug-likeness (QED) is 0.270. The molecule has 232 valence electrons. The van der Waals surface area contributed by atoms with Crippen LogP contribution in [0.25, 0.3) is 0 Å². The summed E-state index contributed by atoms with van der Waals surface area (Å²) in [5.74, 6) is -6.54. The third kappa shape index (κ3) is 7.14. The van der Waals surface area contributed by atoms with Crippen molar-refractivity contribution in [3.63, 3.8) is 0 Å². The highest BCUT2D eigenvalue weighted by Crippen LogP contribution is 2.44. The number of hydrogen-bond donors (Lipinski definition) is 2. The number of rotatable bonds is 11. The molecule has 3 unspecified atom stereocenters. The molecule has 44 heavy (non-hydrogen) atoms. The van der Waals surface area contributed by atoms with Crippen molar-refractivity contribution in [3.05, 3.63) is 117 Å². The van der Waals surface area contributed by atoms with Gasteiger partial charge < -0.3 is 29.5 Å². The molecule has 2 N–H and O–H groups in total. The first-order valence-electron chi connectivity index (χ1n) is 15.0. The van der Waals surface area contributed by atoms with Crippen LogP contribution < -0.4 is 0 Å². The molecule has 0 bridgehead atoms. The van der Waals surface area contributed by atoms with Gasteiger partial charge >= 0.3 is 0 Å². The van der Waals surface area contributed by atoms with Crippen molar-refractivity contribution in [1.82, 2.24) is 9.80 Å². The molecule has 2 aliphatic rings. The minimum Gasteiger partial charge on any atom is -0.364 e. The first kappa shape index (κ1) is 32.1. The Hall–Kier alpha value is -3.34. The third-order valence-corrected chi connectivity index (χ3v) is 8.78. The van der Waals surface area contributed by atoms with Crippen LogP contribution in [0.15, 0.2) is 95.0 Å². The summed E-state index contributed by atoms with van der Waals surface area (Å²) in [5.41, 5.74) is 3.47. The first-order valence-corrected chi connectivity index (χ1v) is 15.8. The highest BCUT2D eigenvalue weighted by atomic mass is 79.9. The minimum absolute atomic E-state index is 0.0119. The second-order valence-electron chi connectivity index (χ2n) is 11.6. The van der Waals surface area contributed by atoms with E-state index in [1.54, 1.807) is 16.8 Å². The van der Waals surface area contributed by atoms with Crippen molar-refractivity contribution in [3.8, 4) is 0 Å². The van der Waals surface area contributed by atoms with Crippen LogP contribution in [0, 0.1) is 5.92 Å². The lowest BCUT2D eigenvalue weighted by atomic mass is 9.79. The van der Waals surface area contributed by atoms with Crippen LogP contribution in [0.5, 0.6) is 0 Å². The molecule has 2 amide bonds. The highest BCUT2D eigenvalue weighted by Gasteiger charge is 2.57. The SMILES string of the molecule is CCCCN(C)C(=O)C1C=C(C(=O)N2Cc3ccc(Br)cc3C2)C(O)(OCc2ccccc2)CC1(O)OCc1ccccc1. The van der Waals surface area contributed by atoms with E-state index in [2.05, 4.69) is 15.9 Å². The van der Waals surface area contributed by atoms with E-state index in [1.165, 1.54) is 6.08 Å². The lowest BCUT2D eigenvalue weighted by molar-refractivity contribution is -0.301. The van der Waals surface area contributed by atoms with Gasteiger partial charge in [-0.05, 0) is 40.8 Å². The van der Waals surface area contributed by atoms with Crippen molar-refractivity contribution in [2.45, 2.75) is 64.1 Å². The van der Waals surface area contributed by atoms with Crippen LogP contribution in [0.4, 0.5) is 0 Å². The number of aliphatic hydroxyl groups is 2. The Morgan fingerprint density at radius 3 is 2.18 bits per heavy atom. The van der Waals surface area contributed by atoms with Crippen LogP contribution >= 0.6 is 15.9 Å². The maximum absolute atomic E-state index is 14.2. The van der Waals surface area contributed by atoms with Gasteiger partial charge in [0.1, 0.15) is 5.92 Å². The van der Waals surface area contributed by atoms with Crippen molar-refractivity contribution in [2.24, 2.45) is 5.92 Å². The van der Waals surface area contributed by atoms with E-state index >= 15 is 0 Å². The summed E-state index contributed by atoms with van der Waals surface area (Å²) in [6.45, 7) is 3.15. The van der Waals surface area contributed by atoms with E-state index < -0.39 is 35.7 Å². The lowest BCUT2D eigenvalue weighted by Crippen LogP contribution is -2.59. The van der Waals surface area contributed by atoms with E-state index in [9.17, 15) is 19.8 Å². The fourth-order valence-corrected chi connectivity index (χ4v) is 6.14. The Balaban J connectivity index is 1.53. The molecule has 0 saturated carbocycles. The fourth-order valence-electron chi connectivity index (χ4n) is 5.73. The zero-order chi connectivity index (χ0) is 31.3. The summed E-state index contributed by atoms with van der Waals surface area (Å²) >= 11 is 3.50. The molecule has 3 aromatic rings. The topological polar surface area (TPSA) is 99.5 Å². The van der Waals surface area contributed by atoms with Gasteiger partial charge in [-0.1, -0.05) is 102 Å². The van der Waals surface area contributed by atoms with Gasteiger partial charge in [0.15, 0.2) is 5.79 Å². The zero-order valence-electron chi connectivity index (χ0n) is 25.1. The largest absolute Gasteiger partial charge is 0.364 e. The second-order valence-corrected chi connectivity index (χ2v) is 12.5. The van der Waals surface area contributed by atoms with E-state index in [1.807, 2.05) is 85.8 Å². The number of nitrogens with zero attached hydrogens (tertiary/aromatic N) is 2. The van der Waals surface area contributed by atoms with E-state index in [0.717, 1.165) is 39.6 Å². The summed E-state index contributed by atoms with van der Waals surface area (Å²) in [6, 6.07) is 24.4. The predicted octanol–water partition coefficient (Wildman–Crippen LogP) is 5.31. The molecular formula is C35H39BrN2O6.